The molecule has 0 aliphatic carbocycles. The quantitative estimate of drug-likeness (QED) is 0.801. The van der Waals surface area contributed by atoms with Gasteiger partial charge in [0, 0.05) is 12.5 Å². The van der Waals surface area contributed by atoms with Gasteiger partial charge in [0.25, 0.3) is 0 Å². The highest BCUT2D eigenvalue weighted by Gasteiger charge is 2.14. The van der Waals surface area contributed by atoms with Crippen LogP contribution < -0.4 is 10.1 Å². The maximum atomic E-state index is 11.1. The van der Waals surface area contributed by atoms with Crippen LogP contribution in [0.4, 0.5) is 0 Å². The molecule has 1 saturated heterocycles. The van der Waals surface area contributed by atoms with E-state index in [-0.39, 0.29) is 5.97 Å². The van der Waals surface area contributed by atoms with Gasteiger partial charge in [-0.2, -0.15) is 0 Å². The maximum Gasteiger partial charge on any atom is 0.309 e. The topological polar surface area (TPSA) is 47.6 Å². The van der Waals surface area contributed by atoms with Crippen LogP contribution in [0.15, 0.2) is 24.3 Å². The third kappa shape index (κ3) is 3.74. The first-order valence-electron chi connectivity index (χ1n) is 6.27. The molecule has 98 valence electrons. The Balaban J connectivity index is 1.81. The highest BCUT2D eigenvalue weighted by atomic mass is 16.5. The highest BCUT2D eigenvalue weighted by Crippen LogP contribution is 2.15. The van der Waals surface area contributed by atoms with Crippen molar-refractivity contribution in [3.63, 3.8) is 0 Å². The summed E-state index contributed by atoms with van der Waals surface area (Å²) in [6, 6.07) is 7.61. The van der Waals surface area contributed by atoms with E-state index in [2.05, 4.69) is 10.1 Å². The van der Waals surface area contributed by atoms with E-state index in [9.17, 15) is 4.79 Å². The van der Waals surface area contributed by atoms with Crippen molar-refractivity contribution in [3.05, 3.63) is 29.8 Å². The van der Waals surface area contributed by atoms with E-state index in [0.717, 1.165) is 31.0 Å². The minimum absolute atomic E-state index is 0.222. The third-order valence-electron chi connectivity index (χ3n) is 3.15. The second-order valence-corrected chi connectivity index (χ2v) is 4.57. The summed E-state index contributed by atoms with van der Waals surface area (Å²) < 4.78 is 10.3. The Kier molecular flexibility index (Phi) is 4.59. The summed E-state index contributed by atoms with van der Waals surface area (Å²) in [5, 5.41) is 3.31. The van der Waals surface area contributed by atoms with E-state index >= 15 is 0 Å². The van der Waals surface area contributed by atoms with Crippen LogP contribution in [-0.4, -0.2) is 32.8 Å². The molecule has 1 aliphatic heterocycles. The number of methoxy groups -OCH3 is 1. The monoisotopic (exact) mass is 249 g/mol. The summed E-state index contributed by atoms with van der Waals surface area (Å²) in [5.41, 5.74) is 0.941. The second-order valence-electron chi connectivity index (χ2n) is 4.57. The van der Waals surface area contributed by atoms with Crippen LogP contribution in [0.2, 0.25) is 0 Å². The van der Waals surface area contributed by atoms with Crippen molar-refractivity contribution in [1.29, 1.82) is 0 Å². The van der Waals surface area contributed by atoms with Gasteiger partial charge in [-0.25, -0.2) is 0 Å². The average Bonchev–Trinajstić information content (AvgIpc) is 2.91. The lowest BCUT2D eigenvalue weighted by molar-refractivity contribution is -0.139. The number of benzene rings is 1. The molecule has 1 atom stereocenters. The number of hydrogen-bond donors (Lipinski definition) is 1. The first-order chi connectivity index (χ1) is 8.78. The van der Waals surface area contributed by atoms with E-state index in [1.807, 2.05) is 24.3 Å². The van der Waals surface area contributed by atoms with Crippen LogP contribution in [0.3, 0.4) is 0 Å². The molecule has 0 aromatic heterocycles. The van der Waals surface area contributed by atoms with Crippen molar-refractivity contribution in [2.24, 2.45) is 5.92 Å². The first-order valence-corrected chi connectivity index (χ1v) is 6.27. The molecule has 1 aliphatic rings. The normalized spacial score (nSPS) is 18.6. The molecule has 1 aromatic rings. The minimum Gasteiger partial charge on any atom is -0.493 e. The SMILES string of the molecule is COC(=O)Cc1ccc(OCC2CCNC2)cc1. The smallest absolute Gasteiger partial charge is 0.309 e. The number of carbonyl (C=O) groups excluding carboxylic acids is 1. The standard InChI is InChI=1S/C14H19NO3/c1-17-14(16)8-11-2-4-13(5-3-11)18-10-12-6-7-15-9-12/h2-5,12,15H,6-10H2,1H3. The molecule has 0 saturated carbocycles. The number of nitrogens with one attached hydrogen (secondary N) is 1. The molecular formula is C14H19NO3. The molecule has 1 N–H and O–H groups in total. The van der Waals surface area contributed by atoms with Gasteiger partial charge in [0.1, 0.15) is 5.75 Å². The van der Waals surface area contributed by atoms with Gasteiger partial charge in [0.15, 0.2) is 0 Å². The fourth-order valence-corrected chi connectivity index (χ4v) is 2.01. The Morgan fingerprint density at radius 2 is 2.17 bits per heavy atom. The van der Waals surface area contributed by atoms with Crippen molar-refractivity contribution in [3.8, 4) is 5.75 Å². The van der Waals surface area contributed by atoms with Gasteiger partial charge in [0.2, 0.25) is 0 Å². The van der Waals surface area contributed by atoms with Crippen LogP contribution in [0.25, 0.3) is 0 Å². The molecule has 4 nitrogen and oxygen atoms in total. The van der Waals surface area contributed by atoms with E-state index in [0.29, 0.717) is 12.3 Å². The third-order valence-corrected chi connectivity index (χ3v) is 3.15. The fraction of sp³-hybridized carbons (Fsp3) is 0.500. The van der Waals surface area contributed by atoms with Crippen LogP contribution in [0, 0.1) is 5.92 Å². The van der Waals surface area contributed by atoms with Gasteiger partial charge >= 0.3 is 5.97 Å². The Morgan fingerprint density at radius 1 is 1.39 bits per heavy atom. The van der Waals surface area contributed by atoms with E-state index in [1.165, 1.54) is 13.5 Å². The molecule has 0 radical (unpaired) electrons. The summed E-state index contributed by atoms with van der Waals surface area (Å²) in [6.45, 7) is 2.88. The lowest BCUT2D eigenvalue weighted by atomic mass is 10.1. The molecule has 1 fully saturated rings. The van der Waals surface area contributed by atoms with Crippen molar-refractivity contribution < 1.29 is 14.3 Å². The molecule has 2 rings (SSSR count). The summed E-state index contributed by atoms with van der Waals surface area (Å²) in [7, 11) is 1.40. The zero-order valence-corrected chi connectivity index (χ0v) is 10.6. The number of rotatable bonds is 5. The average molecular weight is 249 g/mol. The van der Waals surface area contributed by atoms with Crippen molar-refractivity contribution >= 4 is 5.97 Å². The van der Waals surface area contributed by atoms with Crippen LogP contribution >= 0.6 is 0 Å². The Hall–Kier alpha value is -1.55. The molecule has 18 heavy (non-hydrogen) atoms. The Morgan fingerprint density at radius 3 is 2.78 bits per heavy atom. The lowest BCUT2D eigenvalue weighted by Gasteiger charge is -2.11. The summed E-state index contributed by atoms with van der Waals surface area (Å²) in [5.74, 6) is 1.25. The van der Waals surface area contributed by atoms with Gasteiger partial charge in [-0.3, -0.25) is 4.79 Å². The van der Waals surface area contributed by atoms with Crippen LogP contribution in [0.5, 0.6) is 5.75 Å². The maximum absolute atomic E-state index is 11.1. The molecular weight excluding hydrogens is 230 g/mol. The van der Waals surface area contributed by atoms with Crippen molar-refractivity contribution in [2.45, 2.75) is 12.8 Å². The molecule has 1 aromatic carbocycles. The molecule has 4 heteroatoms. The second kappa shape index (κ2) is 6.40. The van der Waals surface area contributed by atoms with Crippen LogP contribution in [-0.2, 0) is 16.0 Å². The summed E-state index contributed by atoms with van der Waals surface area (Å²) >= 11 is 0. The minimum atomic E-state index is -0.222. The van der Waals surface area contributed by atoms with Gasteiger partial charge in [-0.05, 0) is 30.7 Å². The lowest BCUT2D eigenvalue weighted by Crippen LogP contribution is -2.15. The molecule has 0 bridgehead atoms. The fourth-order valence-electron chi connectivity index (χ4n) is 2.01. The van der Waals surface area contributed by atoms with Crippen LogP contribution in [0.1, 0.15) is 12.0 Å². The molecule has 1 heterocycles. The van der Waals surface area contributed by atoms with Crippen molar-refractivity contribution in [2.75, 3.05) is 26.8 Å². The summed E-state index contributed by atoms with van der Waals surface area (Å²) in [6.07, 6.45) is 1.49. The highest BCUT2D eigenvalue weighted by molar-refractivity contribution is 5.72. The molecule has 0 amide bonds. The van der Waals surface area contributed by atoms with Gasteiger partial charge in [-0.15, -0.1) is 0 Å². The van der Waals surface area contributed by atoms with E-state index < -0.39 is 0 Å². The molecule has 0 spiro atoms. The van der Waals surface area contributed by atoms with Gasteiger partial charge < -0.3 is 14.8 Å². The Labute approximate surface area is 107 Å². The van der Waals surface area contributed by atoms with E-state index in [4.69, 9.17) is 4.74 Å². The van der Waals surface area contributed by atoms with E-state index in [1.54, 1.807) is 0 Å². The van der Waals surface area contributed by atoms with Gasteiger partial charge in [0.05, 0.1) is 20.1 Å². The Bertz CT molecular complexity index is 383. The zero-order chi connectivity index (χ0) is 12.8. The largest absolute Gasteiger partial charge is 0.493 e. The summed E-state index contributed by atoms with van der Waals surface area (Å²) in [4.78, 5) is 11.1. The zero-order valence-electron chi connectivity index (χ0n) is 10.6. The predicted octanol–water partition coefficient (Wildman–Crippen LogP) is 1.39. The van der Waals surface area contributed by atoms with Crippen molar-refractivity contribution in [1.82, 2.24) is 5.32 Å². The number of carbonyl (C=O) groups is 1. The number of hydrogen-bond acceptors (Lipinski definition) is 4. The first kappa shape index (κ1) is 12.9. The van der Waals surface area contributed by atoms with Gasteiger partial charge in [-0.1, -0.05) is 12.1 Å². The predicted molar refractivity (Wildman–Crippen MR) is 68.6 cm³/mol. The number of ether oxygens (including phenoxy) is 2. The molecule has 1 unspecified atom stereocenters. The number of esters is 1.